The van der Waals surface area contributed by atoms with Gasteiger partial charge in [0.05, 0.1) is 40.7 Å². The number of hydrogen-bond donors (Lipinski definition) is 3. The molecule has 2 atom stereocenters. The maximum Gasteiger partial charge on any atom is 0.221 e. The molecule has 0 spiro atoms. The number of nitriles is 1. The van der Waals surface area contributed by atoms with Crippen molar-refractivity contribution in [2.45, 2.75) is 44.3 Å². The minimum absolute atomic E-state index is 0.0552. The van der Waals surface area contributed by atoms with Crippen LogP contribution in [0.4, 0.5) is 5.69 Å². The molecule has 38 heavy (non-hydrogen) atoms. The van der Waals surface area contributed by atoms with E-state index in [2.05, 4.69) is 11.4 Å². The summed E-state index contributed by atoms with van der Waals surface area (Å²) in [5.41, 5.74) is 1.40. The van der Waals surface area contributed by atoms with Gasteiger partial charge in [-0.15, -0.1) is 0 Å². The second kappa shape index (κ2) is 8.54. The number of aromatic nitrogens is 1. The molecule has 0 unspecified atom stereocenters. The molecule has 6 rings (SSSR count). The van der Waals surface area contributed by atoms with E-state index < -0.39 is 11.2 Å². The van der Waals surface area contributed by atoms with Gasteiger partial charge in [-0.05, 0) is 44.0 Å². The topological polar surface area (TPSA) is 117 Å². The van der Waals surface area contributed by atoms with Crippen LogP contribution in [0.1, 0.15) is 49.8 Å². The second-order valence-corrected chi connectivity index (χ2v) is 10.2. The zero-order chi connectivity index (χ0) is 26.7. The molecule has 2 aliphatic rings. The summed E-state index contributed by atoms with van der Waals surface area (Å²) in [6.45, 7) is 3.70. The molecule has 1 amide bonds. The SMILES string of the molecule is CC(=O)Nc1cccc(OCC[C@@]23CC[C@@](C)(O2)c2c3c(O)n(-c3ccc(C#N)c4ccccc34)c2O)c1. The summed E-state index contributed by atoms with van der Waals surface area (Å²) in [4.78, 5) is 11.4. The van der Waals surface area contributed by atoms with Crippen molar-refractivity contribution in [2.75, 3.05) is 11.9 Å². The fourth-order valence-corrected chi connectivity index (χ4v) is 6.11. The van der Waals surface area contributed by atoms with Crippen LogP contribution in [0, 0.1) is 11.3 Å². The molecular formula is C30H27N3O5. The lowest BCUT2D eigenvalue weighted by atomic mass is 9.78. The van der Waals surface area contributed by atoms with Gasteiger partial charge in [0, 0.05) is 35.9 Å². The Morgan fingerprint density at radius 3 is 2.61 bits per heavy atom. The third-order valence-corrected chi connectivity index (χ3v) is 7.72. The Balaban J connectivity index is 1.36. The van der Waals surface area contributed by atoms with Crippen LogP contribution in [0.25, 0.3) is 16.5 Å². The smallest absolute Gasteiger partial charge is 0.221 e. The zero-order valence-electron chi connectivity index (χ0n) is 21.1. The molecule has 2 aliphatic heterocycles. The van der Waals surface area contributed by atoms with Gasteiger partial charge in [0.2, 0.25) is 17.7 Å². The van der Waals surface area contributed by atoms with Crippen LogP contribution in [0.3, 0.4) is 0 Å². The molecule has 3 N–H and O–H groups in total. The van der Waals surface area contributed by atoms with E-state index in [0.717, 1.165) is 10.8 Å². The third kappa shape index (κ3) is 3.51. The Labute approximate surface area is 219 Å². The van der Waals surface area contributed by atoms with E-state index in [1.807, 2.05) is 43.3 Å². The number of ether oxygens (including phenoxy) is 2. The predicted molar refractivity (Wildman–Crippen MR) is 142 cm³/mol. The van der Waals surface area contributed by atoms with Gasteiger partial charge in [-0.25, -0.2) is 0 Å². The van der Waals surface area contributed by atoms with Gasteiger partial charge < -0.3 is 25.0 Å². The lowest BCUT2D eigenvalue weighted by Gasteiger charge is -2.26. The lowest BCUT2D eigenvalue weighted by Crippen LogP contribution is -2.25. The highest BCUT2D eigenvalue weighted by atomic mass is 16.5. The van der Waals surface area contributed by atoms with Crippen molar-refractivity contribution in [1.82, 2.24) is 4.57 Å². The number of nitrogens with zero attached hydrogens (tertiary/aromatic N) is 2. The van der Waals surface area contributed by atoms with Crippen molar-refractivity contribution >= 4 is 22.4 Å². The fourth-order valence-electron chi connectivity index (χ4n) is 6.11. The highest BCUT2D eigenvalue weighted by Crippen LogP contribution is 2.65. The molecule has 8 nitrogen and oxygen atoms in total. The van der Waals surface area contributed by atoms with Crippen LogP contribution in [-0.2, 0) is 20.7 Å². The molecule has 2 bridgehead atoms. The van der Waals surface area contributed by atoms with E-state index in [9.17, 15) is 20.3 Å². The molecule has 0 saturated carbocycles. The standard InChI is InChI=1S/C30H27N3O5/c1-18(34)32-20-6-5-7-21(16-20)37-15-14-30-13-12-29(2,38-30)25-26(30)28(36)33(27(25)35)24-11-10-19(17-31)22-8-3-4-9-23(22)24/h3-11,16,35-36H,12-15H2,1-2H3,(H,32,34)/t29-,30-/m1/s1. The second-order valence-electron chi connectivity index (χ2n) is 10.2. The number of hydrogen-bond acceptors (Lipinski definition) is 6. The quantitative estimate of drug-likeness (QED) is 0.313. The molecule has 0 aliphatic carbocycles. The Morgan fingerprint density at radius 1 is 1.08 bits per heavy atom. The van der Waals surface area contributed by atoms with Crippen molar-refractivity contribution < 1.29 is 24.5 Å². The minimum Gasteiger partial charge on any atom is -0.494 e. The Kier molecular flexibility index (Phi) is 5.37. The van der Waals surface area contributed by atoms with Crippen molar-refractivity contribution in [2.24, 2.45) is 0 Å². The summed E-state index contributed by atoms with van der Waals surface area (Å²) in [7, 11) is 0. The van der Waals surface area contributed by atoms with Crippen LogP contribution >= 0.6 is 0 Å². The van der Waals surface area contributed by atoms with E-state index >= 15 is 0 Å². The number of benzene rings is 3. The van der Waals surface area contributed by atoms with E-state index in [1.165, 1.54) is 11.5 Å². The van der Waals surface area contributed by atoms with Crippen molar-refractivity contribution in [3.8, 4) is 29.3 Å². The first-order chi connectivity index (χ1) is 18.3. The Bertz CT molecular complexity index is 1650. The molecule has 192 valence electrons. The molecule has 1 saturated heterocycles. The number of nitrogens with one attached hydrogen (secondary N) is 1. The molecule has 4 aromatic rings. The van der Waals surface area contributed by atoms with E-state index in [1.54, 1.807) is 24.3 Å². The highest BCUT2D eigenvalue weighted by Gasteiger charge is 2.61. The maximum atomic E-state index is 11.6. The minimum atomic E-state index is -0.811. The number of carbonyl (C=O) groups is 1. The number of carbonyl (C=O) groups excluding carboxylic acids is 1. The summed E-state index contributed by atoms with van der Waals surface area (Å²) in [5, 5.41) is 36.9. The monoisotopic (exact) mass is 509 g/mol. The number of rotatable bonds is 6. The fraction of sp³-hybridized carbons (Fsp3) is 0.267. The highest BCUT2D eigenvalue weighted by molar-refractivity contribution is 5.95. The zero-order valence-corrected chi connectivity index (χ0v) is 21.1. The lowest BCUT2D eigenvalue weighted by molar-refractivity contribution is -0.114. The summed E-state index contributed by atoms with van der Waals surface area (Å²) in [6, 6.07) is 20.3. The van der Waals surface area contributed by atoms with Crippen LogP contribution < -0.4 is 10.1 Å². The molecule has 1 fully saturated rings. The first-order valence-corrected chi connectivity index (χ1v) is 12.6. The van der Waals surface area contributed by atoms with Gasteiger partial charge in [0.1, 0.15) is 11.4 Å². The Morgan fingerprint density at radius 2 is 1.84 bits per heavy atom. The van der Waals surface area contributed by atoms with E-state index in [-0.39, 0.29) is 17.7 Å². The van der Waals surface area contributed by atoms with Crippen molar-refractivity contribution in [1.29, 1.82) is 5.26 Å². The average Bonchev–Trinajstić information content (AvgIpc) is 3.47. The Hall–Kier alpha value is -4.48. The van der Waals surface area contributed by atoms with E-state index in [4.69, 9.17) is 9.47 Å². The number of anilines is 1. The van der Waals surface area contributed by atoms with Crippen molar-refractivity contribution in [3.05, 3.63) is 77.4 Å². The van der Waals surface area contributed by atoms with Crippen molar-refractivity contribution in [3.63, 3.8) is 0 Å². The summed E-state index contributed by atoms with van der Waals surface area (Å²) < 4.78 is 14.0. The summed E-state index contributed by atoms with van der Waals surface area (Å²) in [6.07, 6.45) is 1.84. The van der Waals surface area contributed by atoms with Crippen LogP contribution in [0.2, 0.25) is 0 Å². The molecule has 0 radical (unpaired) electrons. The van der Waals surface area contributed by atoms with Crippen LogP contribution in [-0.4, -0.2) is 27.3 Å². The van der Waals surface area contributed by atoms with Gasteiger partial charge in [0.15, 0.2) is 0 Å². The molecular weight excluding hydrogens is 482 g/mol. The first kappa shape index (κ1) is 23.9. The number of fused-ring (bicyclic) bond motifs is 6. The first-order valence-electron chi connectivity index (χ1n) is 12.6. The van der Waals surface area contributed by atoms with Gasteiger partial charge in [-0.3, -0.25) is 9.36 Å². The molecule has 8 heteroatoms. The largest absolute Gasteiger partial charge is 0.494 e. The van der Waals surface area contributed by atoms with E-state index in [0.29, 0.717) is 59.7 Å². The van der Waals surface area contributed by atoms with Crippen LogP contribution in [0.5, 0.6) is 17.5 Å². The summed E-state index contributed by atoms with van der Waals surface area (Å²) in [5.74, 6) is 0.331. The van der Waals surface area contributed by atoms with Gasteiger partial charge in [-0.1, -0.05) is 30.3 Å². The predicted octanol–water partition coefficient (Wildman–Crippen LogP) is 5.58. The molecule has 3 heterocycles. The third-order valence-electron chi connectivity index (χ3n) is 7.72. The average molecular weight is 510 g/mol. The molecule has 1 aromatic heterocycles. The summed E-state index contributed by atoms with van der Waals surface area (Å²) >= 11 is 0. The van der Waals surface area contributed by atoms with Gasteiger partial charge in [-0.2, -0.15) is 5.26 Å². The normalized spacial score (nSPS) is 21.3. The molecule has 3 aromatic carbocycles. The number of aromatic hydroxyl groups is 2. The van der Waals surface area contributed by atoms with Gasteiger partial charge in [0.25, 0.3) is 0 Å². The van der Waals surface area contributed by atoms with Crippen LogP contribution in [0.15, 0.2) is 60.7 Å². The maximum absolute atomic E-state index is 11.6. The van der Waals surface area contributed by atoms with Gasteiger partial charge >= 0.3 is 0 Å². The number of amides is 1.